The maximum atomic E-state index is 12.4. The van der Waals surface area contributed by atoms with Gasteiger partial charge >= 0.3 is 6.36 Å². The molecule has 1 heterocycles. The van der Waals surface area contributed by atoms with Crippen LogP contribution in [0.1, 0.15) is 22.3 Å². The lowest BCUT2D eigenvalue weighted by molar-refractivity contribution is -0.276. The maximum Gasteiger partial charge on any atom is 0.574 e. The Bertz CT molecular complexity index is 479. The van der Waals surface area contributed by atoms with E-state index in [0.29, 0.717) is 0 Å². The van der Waals surface area contributed by atoms with E-state index in [-0.39, 0.29) is 12.4 Å². The Morgan fingerprint density at radius 1 is 1.35 bits per heavy atom. The Morgan fingerprint density at radius 3 is 2.35 bits per heavy atom. The summed E-state index contributed by atoms with van der Waals surface area (Å²) in [5.74, 6) is -1.21. The zero-order chi connectivity index (χ0) is 13.2. The van der Waals surface area contributed by atoms with E-state index in [1.165, 1.54) is 4.98 Å². The van der Waals surface area contributed by atoms with Crippen LogP contribution >= 0.6 is 0 Å². The van der Waals surface area contributed by atoms with Crippen LogP contribution in [0.3, 0.4) is 0 Å². The Hall–Kier alpha value is -1.93. The minimum Gasteiger partial charge on any atom is -0.390 e. The predicted octanol–water partition coefficient (Wildman–Crippen LogP) is 2.02. The first kappa shape index (κ1) is 13.1. The SMILES string of the molecule is O=Cc1c(C(F)F)cc(OC(F)(F)F)[nH]c1=O. The number of hydrogen-bond donors (Lipinski definition) is 1. The Morgan fingerprint density at radius 2 is 1.94 bits per heavy atom. The van der Waals surface area contributed by atoms with E-state index in [1.54, 1.807) is 0 Å². The Kier molecular flexibility index (Phi) is 3.49. The molecule has 0 aliphatic heterocycles. The molecule has 0 aliphatic rings. The summed E-state index contributed by atoms with van der Waals surface area (Å²) < 4.78 is 63.3. The summed E-state index contributed by atoms with van der Waals surface area (Å²) in [6, 6.07) is 0.253. The molecule has 0 saturated heterocycles. The van der Waals surface area contributed by atoms with Crippen molar-refractivity contribution >= 4 is 6.29 Å². The van der Waals surface area contributed by atoms with Crippen molar-refractivity contribution in [2.45, 2.75) is 12.8 Å². The highest BCUT2D eigenvalue weighted by molar-refractivity contribution is 5.76. The Labute approximate surface area is 90.0 Å². The highest BCUT2D eigenvalue weighted by atomic mass is 19.4. The first-order valence-electron chi connectivity index (χ1n) is 4.01. The van der Waals surface area contributed by atoms with Crippen LogP contribution in [-0.2, 0) is 0 Å². The molecule has 4 nitrogen and oxygen atoms in total. The number of ether oxygens (including phenoxy) is 1. The van der Waals surface area contributed by atoms with Gasteiger partial charge in [0.15, 0.2) is 6.29 Å². The normalized spacial score (nSPS) is 11.6. The molecule has 0 fully saturated rings. The molecule has 0 aromatic carbocycles. The number of nitrogens with one attached hydrogen (secondary N) is 1. The van der Waals surface area contributed by atoms with Gasteiger partial charge in [-0.05, 0) is 0 Å². The molecule has 0 atom stereocenters. The van der Waals surface area contributed by atoms with Crippen LogP contribution in [0.2, 0.25) is 0 Å². The minimum atomic E-state index is -5.13. The summed E-state index contributed by atoms with van der Waals surface area (Å²) >= 11 is 0. The molecule has 9 heteroatoms. The number of alkyl halides is 5. The number of rotatable bonds is 3. The van der Waals surface area contributed by atoms with Crippen molar-refractivity contribution in [1.29, 1.82) is 0 Å². The number of hydrogen-bond acceptors (Lipinski definition) is 3. The van der Waals surface area contributed by atoms with Gasteiger partial charge in [0.2, 0.25) is 5.88 Å². The third kappa shape index (κ3) is 3.26. The number of aldehydes is 1. The van der Waals surface area contributed by atoms with E-state index >= 15 is 0 Å². The molecule has 17 heavy (non-hydrogen) atoms. The van der Waals surface area contributed by atoms with Gasteiger partial charge in [-0.2, -0.15) is 0 Å². The molecule has 0 spiro atoms. The molecule has 0 radical (unpaired) electrons. The number of aromatic amines is 1. The van der Waals surface area contributed by atoms with Crippen LogP contribution in [0.25, 0.3) is 0 Å². The van der Waals surface area contributed by atoms with Gasteiger partial charge in [-0.1, -0.05) is 0 Å². The molecule has 0 amide bonds. The van der Waals surface area contributed by atoms with Crippen molar-refractivity contribution in [1.82, 2.24) is 4.98 Å². The van der Waals surface area contributed by atoms with Crippen molar-refractivity contribution in [3.8, 4) is 5.88 Å². The number of carbonyl (C=O) groups is 1. The standard InChI is InChI=1S/C8H4F5NO3/c9-6(10)3-1-5(17-8(11,12)13)14-7(16)4(3)2-15/h1-2,6H,(H,14,16). The van der Waals surface area contributed by atoms with Gasteiger partial charge < -0.3 is 4.74 Å². The van der Waals surface area contributed by atoms with Gasteiger partial charge in [-0.15, -0.1) is 13.2 Å². The fourth-order valence-corrected chi connectivity index (χ4v) is 1.05. The number of halogens is 5. The molecule has 1 N–H and O–H groups in total. The average molecular weight is 257 g/mol. The van der Waals surface area contributed by atoms with Crippen molar-refractivity contribution in [2.24, 2.45) is 0 Å². The van der Waals surface area contributed by atoms with E-state index in [4.69, 9.17) is 0 Å². The number of carbonyl (C=O) groups excluding carboxylic acids is 1. The molecule has 0 unspecified atom stereocenters. The summed E-state index contributed by atoms with van der Waals surface area (Å²) in [7, 11) is 0. The number of aromatic nitrogens is 1. The van der Waals surface area contributed by atoms with Crippen molar-refractivity contribution in [2.75, 3.05) is 0 Å². The topological polar surface area (TPSA) is 59.2 Å². The second-order valence-corrected chi connectivity index (χ2v) is 2.80. The van der Waals surface area contributed by atoms with Crippen LogP contribution in [-0.4, -0.2) is 17.6 Å². The maximum absolute atomic E-state index is 12.4. The largest absolute Gasteiger partial charge is 0.574 e. The average Bonchev–Trinajstić information content (AvgIpc) is 2.13. The Balaban J connectivity index is 3.30. The van der Waals surface area contributed by atoms with Crippen molar-refractivity contribution < 1.29 is 31.5 Å². The van der Waals surface area contributed by atoms with Gasteiger partial charge in [-0.3, -0.25) is 14.6 Å². The fourth-order valence-electron chi connectivity index (χ4n) is 1.05. The summed E-state index contributed by atoms with van der Waals surface area (Å²) in [5.41, 5.74) is -3.44. The third-order valence-corrected chi connectivity index (χ3v) is 1.66. The van der Waals surface area contributed by atoms with Crippen LogP contribution in [0.15, 0.2) is 10.9 Å². The van der Waals surface area contributed by atoms with E-state index in [9.17, 15) is 31.5 Å². The van der Waals surface area contributed by atoms with E-state index in [0.717, 1.165) is 0 Å². The fraction of sp³-hybridized carbons (Fsp3) is 0.250. The third-order valence-electron chi connectivity index (χ3n) is 1.66. The lowest BCUT2D eigenvalue weighted by atomic mass is 10.1. The molecule has 0 saturated carbocycles. The van der Waals surface area contributed by atoms with Crippen molar-refractivity contribution in [3.05, 3.63) is 27.5 Å². The molecule has 0 bridgehead atoms. The van der Waals surface area contributed by atoms with Gasteiger partial charge in [0, 0.05) is 11.6 Å². The summed E-state index contributed by atoms with van der Waals surface area (Å²) in [6.45, 7) is 0. The predicted molar refractivity (Wildman–Crippen MR) is 44.1 cm³/mol. The number of H-pyrrole nitrogens is 1. The van der Waals surface area contributed by atoms with Gasteiger partial charge in [0.1, 0.15) is 0 Å². The van der Waals surface area contributed by atoms with Crippen molar-refractivity contribution in [3.63, 3.8) is 0 Å². The van der Waals surface area contributed by atoms with Gasteiger partial charge in [-0.25, -0.2) is 8.78 Å². The summed E-state index contributed by atoms with van der Waals surface area (Å²) in [4.78, 5) is 22.9. The van der Waals surface area contributed by atoms with Gasteiger partial charge in [0.05, 0.1) is 5.56 Å². The molecule has 0 aliphatic carbocycles. The molecule has 94 valence electrons. The first-order chi connectivity index (χ1) is 7.74. The van der Waals surface area contributed by atoms with Gasteiger partial charge in [0.25, 0.3) is 12.0 Å². The lowest BCUT2D eigenvalue weighted by Gasteiger charge is -2.10. The van der Waals surface area contributed by atoms with E-state index < -0.39 is 35.4 Å². The molecule has 1 aromatic rings. The monoisotopic (exact) mass is 257 g/mol. The first-order valence-corrected chi connectivity index (χ1v) is 4.01. The van der Waals surface area contributed by atoms with E-state index in [1.807, 2.05) is 0 Å². The second-order valence-electron chi connectivity index (χ2n) is 2.80. The molecule has 1 aromatic heterocycles. The van der Waals surface area contributed by atoms with Crippen LogP contribution in [0.4, 0.5) is 22.0 Å². The second kappa shape index (κ2) is 4.52. The zero-order valence-electron chi connectivity index (χ0n) is 7.85. The quantitative estimate of drug-likeness (QED) is 0.665. The summed E-state index contributed by atoms with van der Waals surface area (Å²) in [6.07, 6.45) is -8.57. The van der Waals surface area contributed by atoms with Crippen LogP contribution in [0.5, 0.6) is 5.88 Å². The highest BCUT2D eigenvalue weighted by Gasteiger charge is 2.32. The zero-order valence-corrected chi connectivity index (χ0v) is 7.85. The van der Waals surface area contributed by atoms with Crippen LogP contribution < -0.4 is 10.3 Å². The lowest BCUT2D eigenvalue weighted by Crippen LogP contribution is -2.22. The smallest absolute Gasteiger partial charge is 0.390 e. The van der Waals surface area contributed by atoms with E-state index in [2.05, 4.69) is 4.74 Å². The minimum absolute atomic E-state index is 0.169. The highest BCUT2D eigenvalue weighted by Crippen LogP contribution is 2.26. The molecule has 1 rings (SSSR count). The molecular weight excluding hydrogens is 253 g/mol. The summed E-state index contributed by atoms with van der Waals surface area (Å²) in [5, 5.41) is 0. The number of pyridine rings is 1. The van der Waals surface area contributed by atoms with Crippen LogP contribution in [0, 0.1) is 0 Å². The molecular formula is C8H4F5NO3.